The maximum atomic E-state index is 13.2. The zero-order chi connectivity index (χ0) is 26.5. The third kappa shape index (κ3) is 6.27. The van der Waals surface area contributed by atoms with Gasteiger partial charge in [0.05, 0.1) is 19.3 Å². The van der Waals surface area contributed by atoms with Gasteiger partial charge in [-0.25, -0.2) is 0 Å². The van der Waals surface area contributed by atoms with E-state index in [1.165, 1.54) is 0 Å². The minimum atomic E-state index is -0.144. The van der Waals surface area contributed by atoms with Crippen molar-refractivity contribution in [2.45, 2.75) is 19.4 Å². The van der Waals surface area contributed by atoms with Gasteiger partial charge in [-0.2, -0.15) is 4.98 Å². The van der Waals surface area contributed by atoms with E-state index in [0.29, 0.717) is 64.1 Å². The van der Waals surface area contributed by atoms with E-state index in [-0.39, 0.29) is 11.8 Å². The summed E-state index contributed by atoms with van der Waals surface area (Å²) in [5.41, 5.74) is 1.31. The smallest absolute Gasteiger partial charge is 0.241 e. The minimum Gasteiger partial charge on any atom is -0.493 e. The van der Waals surface area contributed by atoms with Crippen molar-refractivity contribution in [3.05, 3.63) is 82.7 Å². The lowest BCUT2D eigenvalue weighted by atomic mass is 9.96. The molecule has 10 heteroatoms. The summed E-state index contributed by atoms with van der Waals surface area (Å²) in [4.78, 5) is 19.9. The van der Waals surface area contributed by atoms with Crippen molar-refractivity contribution in [3.63, 3.8) is 0 Å². The molecule has 8 nitrogen and oxygen atoms in total. The molecule has 0 unspecified atom stereocenters. The Morgan fingerprint density at radius 1 is 1.00 bits per heavy atom. The molecule has 196 valence electrons. The van der Waals surface area contributed by atoms with Gasteiger partial charge >= 0.3 is 0 Å². The van der Waals surface area contributed by atoms with Crippen LogP contribution >= 0.6 is 23.2 Å². The fraction of sp³-hybridized carbons (Fsp3) is 0.250. The average molecular weight is 553 g/mol. The molecule has 1 aromatic heterocycles. The number of halogens is 2. The van der Waals surface area contributed by atoms with Crippen LogP contribution in [0.2, 0.25) is 10.0 Å². The van der Waals surface area contributed by atoms with Gasteiger partial charge in [0, 0.05) is 21.5 Å². The van der Waals surface area contributed by atoms with Crippen molar-refractivity contribution in [1.29, 1.82) is 0 Å². The first kappa shape index (κ1) is 26.0. The number of amides is 1. The van der Waals surface area contributed by atoms with Crippen molar-refractivity contribution in [1.82, 2.24) is 15.0 Å². The van der Waals surface area contributed by atoms with Gasteiger partial charge in [0.1, 0.15) is 0 Å². The predicted octanol–water partition coefficient (Wildman–Crippen LogP) is 6.70. The van der Waals surface area contributed by atoms with Crippen molar-refractivity contribution in [2.24, 2.45) is 5.92 Å². The summed E-state index contributed by atoms with van der Waals surface area (Å²) in [7, 11) is 1.58. The molecular formula is C28H26Cl2N4O4. The molecule has 0 atom stereocenters. The Kier molecular flexibility index (Phi) is 8.12. The summed E-state index contributed by atoms with van der Waals surface area (Å²) in [6.07, 6.45) is 1.40. The number of hydrogen-bond donors (Lipinski definition) is 1. The Morgan fingerprint density at radius 2 is 1.76 bits per heavy atom. The first-order valence-corrected chi connectivity index (χ1v) is 13.0. The largest absolute Gasteiger partial charge is 0.493 e. The van der Waals surface area contributed by atoms with Crippen LogP contribution in [0.5, 0.6) is 17.2 Å². The van der Waals surface area contributed by atoms with Gasteiger partial charge in [0.2, 0.25) is 17.6 Å². The van der Waals surface area contributed by atoms with Crippen LogP contribution < -0.4 is 14.8 Å². The summed E-state index contributed by atoms with van der Waals surface area (Å²) in [6.45, 7) is 1.98. The van der Waals surface area contributed by atoms with Gasteiger partial charge < -0.3 is 19.3 Å². The van der Waals surface area contributed by atoms with E-state index in [1.54, 1.807) is 43.5 Å². The summed E-state index contributed by atoms with van der Waals surface area (Å²) >= 11 is 12.3. The number of carbonyl (C=O) groups is 1. The Morgan fingerprint density at radius 3 is 2.53 bits per heavy atom. The second kappa shape index (κ2) is 11.9. The standard InChI is InChI=1S/C28H26Cl2N4O4/c1-36-24-7-2-3-8-25(24)37-23-10-9-21(30)16-22(23)31-28(35)18-11-13-34(14-12-18)17-26-32-27(33-38-26)19-5-4-6-20(29)15-19/h2-10,15-16,18H,11-14,17H2,1H3,(H,31,35). The van der Waals surface area contributed by atoms with Crippen molar-refractivity contribution < 1.29 is 18.8 Å². The summed E-state index contributed by atoms with van der Waals surface area (Å²) in [5.74, 6) is 2.43. The lowest BCUT2D eigenvalue weighted by molar-refractivity contribution is -0.121. The van der Waals surface area contributed by atoms with Crippen molar-refractivity contribution >= 4 is 34.8 Å². The fourth-order valence-electron chi connectivity index (χ4n) is 4.35. The van der Waals surface area contributed by atoms with Crippen LogP contribution in [-0.4, -0.2) is 41.1 Å². The van der Waals surface area contributed by atoms with Crippen molar-refractivity contribution in [2.75, 3.05) is 25.5 Å². The van der Waals surface area contributed by atoms with Gasteiger partial charge in [-0.05, 0) is 68.4 Å². The average Bonchev–Trinajstić information content (AvgIpc) is 3.39. The zero-order valence-corrected chi connectivity index (χ0v) is 22.2. The molecule has 2 heterocycles. The molecule has 1 aliphatic heterocycles. The molecule has 1 N–H and O–H groups in total. The number of anilines is 1. The lowest BCUT2D eigenvalue weighted by Gasteiger charge is -2.30. The molecule has 5 rings (SSSR count). The van der Waals surface area contributed by atoms with Crippen LogP contribution in [0.4, 0.5) is 5.69 Å². The van der Waals surface area contributed by atoms with E-state index in [0.717, 1.165) is 18.7 Å². The molecular weight excluding hydrogens is 527 g/mol. The molecule has 0 aliphatic carbocycles. The predicted molar refractivity (Wildman–Crippen MR) is 146 cm³/mol. The Hall–Kier alpha value is -3.59. The number of likely N-dealkylation sites (tertiary alicyclic amines) is 1. The quantitative estimate of drug-likeness (QED) is 0.260. The second-order valence-corrected chi connectivity index (χ2v) is 9.83. The highest BCUT2D eigenvalue weighted by atomic mass is 35.5. The summed E-state index contributed by atoms with van der Waals surface area (Å²) in [6, 6.07) is 19.8. The van der Waals surface area contributed by atoms with Crippen LogP contribution in [0.15, 0.2) is 71.3 Å². The number of hydrogen-bond acceptors (Lipinski definition) is 7. The van der Waals surface area contributed by atoms with Crippen LogP contribution in [0.1, 0.15) is 18.7 Å². The molecule has 0 spiro atoms. The van der Waals surface area contributed by atoms with Gasteiger partial charge in [-0.1, -0.05) is 52.6 Å². The second-order valence-electron chi connectivity index (χ2n) is 8.96. The van der Waals surface area contributed by atoms with Crippen LogP contribution in [0.3, 0.4) is 0 Å². The Bertz CT molecular complexity index is 1420. The first-order valence-electron chi connectivity index (χ1n) is 12.2. The monoisotopic (exact) mass is 552 g/mol. The van der Waals surface area contributed by atoms with Crippen LogP contribution in [0.25, 0.3) is 11.4 Å². The fourth-order valence-corrected chi connectivity index (χ4v) is 4.72. The maximum Gasteiger partial charge on any atom is 0.241 e. The molecule has 1 saturated heterocycles. The van der Waals surface area contributed by atoms with E-state index >= 15 is 0 Å². The summed E-state index contributed by atoms with van der Waals surface area (Å²) < 4.78 is 16.9. The highest BCUT2D eigenvalue weighted by molar-refractivity contribution is 6.31. The molecule has 1 amide bonds. The Labute approximate surface area is 230 Å². The summed E-state index contributed by atoms with van der Waals surface area (Å²) in [5, 5.41) is 8.20. The van der Waals surface area contributed by atoms with E-state index in [9.17, 15) is 4.79 Å². The number of nitrogens with zero attached hydrogens (tertiary/aromatic N) is 3. The van der Waals surface area contributed by atoms with E-state index in [2.05, 4.69) is 20.4 Å². The zero-order valence-electron chi connectivity index (χ0n) is 20.7. The third-order valence-corrected chi connectivity index (χ3v) is 6.83. The molecule has 0 saturated carbocycles. The highest BCUT2D eigenvalue weighted by Crippen LogP contribution is 2.37. The molecule has 0 bridgehead atoms. The molecule has 0 radical (unpaired) electrons. The topological polar surface area (TPSA) is 89.7 Å². The number of ether oxygens (including phenoxy) is 2. The maximum absolute atomic E-state index is 13.2. The van der Waals surface area contributed by atoms with Crippen LogP contribution in [-0.2, 0) is 11.3 Å². The van der Waals surface area contributed by atoms with Gasteiger partial charge in [-0.3, -0.25) is 9.69 Å². The molecule has 1 aliphatic rings. The number of piperidine rings is 1. The van der Waals surface area contributed by atoms with Gasteiger partial charge in [0.15, 0.2) is 17.2 Å². The number of para-hydroxylation sites is 2. The normalized spacial score (nSPS) is 14.3. The number of carbonyl (C=O) groups excluding carboxylic acids is 1. The number of benzene rings is 3. The lowest BCUT2D eigenvalue weighted by Crippen LogP contribution is -2.37. The molecule has 4 aromatic rings. The van der Waals surface area contributed by atoms with E-state index in [1.807, 2.05) is 30.3 Å². The minimum absolute atomic E-state index is 0.0715. The van der Waals surface area contributed by atoms with Gasteiger partial charge in [0.25, 0.3) is 0 Å². The highest BCUT2D eigenvalue weighted by Gasteiger charge is 2.27. The molecule has 38 heavy (non-hydrogen) atoms. The number of nitrogens with one attached hydrogen (secondary N) is 1. The van der Waals surface area contributed by atoms with E-state index in [4.69, 9.17) is 37.2 Å². The number of aromatic nitrogens is 2. The first-order chi connectivity index (χ1) is 18.5. The molecule has 1 fully saturated rings. The van der Waals surface area contributed by atoms with Crippen molar-refractivity contribution in [3.8, 4) is 28.6 Å². The number of rotatable bonds is 8. The van der Waals surface area contributed by atoms with E-state index < -0.39 is 0 Å². The SMILES string of the molecule is COc1ccccc1Oc1ccc(Cl)cc1NC(=O)C1CCN(Cc2nc(-c3cccc(Cl)c3)no2)CC1. The molecule has 3 aromatic carbocycles. The Balaban J connectivity index is 1.18. The van der Waals surface area contributed by atoms with Gasteiger partial charge in [-0.15, -0.1) is 0 Å². The number of methoxy groups -OCH3 is 1. The van der Waals surface area contributed by atoms with Crippen LogP contribution in [0, 0.1) is 5.92 Å². The third-order valence-electron chi connectivity index (χ3n) is 6.36.